The Balaban J connectivity index is 2.30. The van der Waals surface area contributed by atoms with Gasteiger partial charge in [0, 0.05) is 16.2 Å². The smallest absolute Gasteiger partial charge is 0.292 e. The summed E-state index contributed by atoms with van der Waals surface area (Å²) < 4.78 is 0.964. The lowest BCUT2D eigenvalue weighted by Crippen LogP contribution is -1.96. The molecule has 0 aliphatic rings. The Hall–Kier alpha value is -1.88. The third-order valence-electron chi connectivity index (χ3n) is 2.22. The number of hydrogen-bond acceptors (Lipinski definition) is 3. The van der Waals surface area contributed by atoms with Gasteiger partial charge in [-0.15, -0.1) is 0 Å². The number of benzene rings is 2. The van der Waals surface area contributed by atoms with Gasteiger partial charge in [0.2, 0.25) is 0 Å². The van der Waals surface area contributed by atoms with Gasteiger partial charge in [0.15, 0.2) is 0 Å². The molecule has 86 valence electrons. The van der Waals surface area contributed by atoms with Crippen LogP contribution in [0.15, 0.2) is 53.0 Å². The molecule has 17 heavy (non-hydrogen) atoms. The van der Waals surface area contributed by atoms with Gasteiger partial charge in [0.1, 0.15) is 5.69 Å². The second-order valence-electron chi connectivity index (χ2n) is 3.41. The quantitative estimate of drug-likeness (QED) is 0.684. The molecule has 2 rings (SSSR count). The molecule has 2 aromatic rings. The van der Waals surface area contributed by atoms with Gasteiger partial charge in [-0.3, -0.25) is 10.1 Å². The monoisotopic (exact) mass is 292 g/mol. The van der Waals surface area contributed by atoms with Crippen LogP contribution in [0.1, 0.15) is 0 Å². The summed E-state index contributed by atoms with van der Waals surface area (Å²) in [5.74, 6) is 0. The fourth-order valence-electron chi connectivity index (χ4n) is 1.43. The first-order valence-electron chi connectivity index (χ1n) is 4.93. The first-order valence-corrected chi connectivity index (χ1v) is 5.72. The molecule has 0 aliphatic carbocycles. The number of nitro groups is 1. The van der Waals surface area contributed by atoms with Crippen molar-refractivity contribution in [1.29, 1.82) is 0 Å². The van der Waals surface area contributed by atoms with Crippen LogP contribution in [0.3, 0.4) is 0 Å². The SMILES string of the molecule is O=[N+]([O-])c1ccccc1Nc1ccc(Br)cc1. The summed E-state index contributed by atoms with van der Waals surface area (Å²) in [6.07, 6.45) is 0. The molecule has 0 saturated heterocycles. The van der Waals surface area contributed by atoms with Gasteiger partial charge in [0.25, 0.3) is 5.69 Å². The average molecular weight is 293 g/mol. The van der Waals surface area contributed by atoms with E-state index in [1.54, 1.807) is 18.2 Å². The van der Waals surface area contributed by atoms with Gasteiger partial charge < -0.3 is 5.32 Å². The molecule has 0 bridgehead atoms. The van der Waals surface area contributed by atoms with E-state index in [-0.39, 0.29) is 5.69 Å². The Bertz CT molecular complexity index is 540. The molecule has 0 radical (unpaired) electrons. The number of para-hydroxylation sites is 2. The van der Waals surface area contributed by atoms with E-state index in [2.05, 4.69) is 21.2 Å². The molecule has 0 fully saturated rings. The van der Waals surface area contributed by atoms with Crippen molar-refractivity contribution in [1.82, 2.24) is 0 Å². The van der Waals surface area contributed by atoms with Crippen LogP contribution in [0.25, 0.3) is 0 Å². The number of nitrogens with zero attached hydrogens (tertiary/aromatic N) is 1. The van der Waals surface area contributed by atoms with E-state index in [0.29, 0.717) is 5.69 Å². The van der Waals surface area contributed by atoms with Crippen LogP contribution in [0, 0.1) is 10.1 Å². The normalized spacial score (nSPS) is 9.94. The maximum Gasteiger partial charge on any atom is 0.292 e. The molecule has 0 aliphatic heterocycles. The summed E-state index contributed by atoms with van der Waals surface area (Å²) in [5, 5.41) is 13.8. The Morgan fingerprint density at radius 2 is 1.71 bits per heavy atom. The van der Waals surface area contributed by atoms with Crippen molar-refractivity contribution in [2.75, 3.05) is 5.32 Å². The van der Waals surface area contributed by atoms with Crippen molar-refractivity contribution in [3.8, 4) is 0 Å². The molecule has 0 saturated carbocycles. The van der Waals surface area contributed by atoms with E-state index in [4.69, 9.17) is 0 Å². The largest absolute Gasteiger partial charge is 0.350 e. The molecule has 5 heteroatoms. The van der Waals surface area contributed by atoms with Crippen LogP contribution in [-0.2, 0) is 0 Å². The Morgan fingerprint density at radius 3 is 2.35 bits per heavy atom. The van der Waals surface area contributed by atoms with Crippen molar-refractivity contribution < 1.29 is 4.92 Å². The summed E-state index contributed by atoms with van der Waals surface area (Å²) in [4.78, 5) is 10.4. The topological polar surface area (TPSA) is 55.2 Å². The van der Waals surface area contributed by atoms with E-state index in [9.17, 15) is 10.1 Å². The first-order chi connectivity index (χ1) is 8.16. The number of nitrogens with one attached hydrogen (secondary N) is 1. The molecular weight excluding hydrogens is 284 g/mol. The van der Waals surface area contributed by atoms with Gasteiger partial charge in [-0.1, -0.05) is 28.1 Å². The average Bonchev–Trinajstić information content (AvgIpc) is 2.32. The van der Waals surface area contributed by atoms with Crippen LogP contribution >= 0.6 is 15.9 Å². The van der Waals surface area contributed by atoms with Crippen LogP contribution < -0.4 is 5.32 Å². The van der Waals surface area contributed by atoms with Gasteiger partial charge in [-0.25, -0.2) is 0 Å². The number of nitro benzene ring substituents is 1. The predicted octanol–water partition coefficient (Wildman–Crippen LogP) is 4.10. The number of anilines is 2. The molecule has 0 atom stereocenters. The molecule has 0 amide bonds. The lowest BCUT2D eigenvalue weighted by Gasteiger charge is -2.06. The van der Waals surface area contributed by atoms with Crippen molar-refractivity contribution in [3.05, 3.63) is 63.1 Å². The first kappa shape index (κ1) is 11.6. The van der Waals surface area contributed by atoms with Crippen LogP contribution in [0.5, 0.6) is 0 Å². The van der Waals surface area contributed by atoms with Gasteiger partial charge in [-0.2, -0.15) is 0 Å². The summed E-state index contributed by atoms with van der Waals surface area (Å²) >= 11 is 3.33. The Kier molecular flexibility index (Phi) is 3.39. The summed E-state index contributed by atoms with van der Waals surface area (Å²) in [5.41, 5.74) is 1.36. The fraction of sp³-hybridized carbons (Fsp3) is 0. The van der Waals surface area contributed by atoms with Crippen LogP contribution in [0.4, 0.5) is 17.1 Å². The second-order valence-corrected chi connectivity index (χ2v) is 4.32. The third kappa shape index (κ3) is 2.82. The summed E-state index contributed by atoms with van der Waals surface area (Å²) in [6.45, 7) is 0. The highest BCUT2D eigenvalue weighted by atomic mass is 79.9. The molecule has 0 heterocycles. The fourth-order valence-corrected chi connectivity index (χ4v) is 1.69. The third-order valence-corrected chi connectivity index (χ3v) is 2.75. The Morgan fingerprint density at radius 1 is 1.06 bits per heavy atom. The molecule has 0 unspecified atom stereocenters. The van der Waals surface area contributed by atoms with Crippen molar-refractivity contribution >= 4 is 33.0 Å². The molecular formula is C12H9BrN2O2. The zero-order valence-corrected chi connectivity index (χ0v) is 10.3. The molecule has 4 nitrogen and oxygen atoms in total. The van der Waals surface area contributed by atoms with Gasteiger partial charge in [0.05, 0.1) is 4.92 Å². The van der Waals surface area contributed by atoms with E-state index >= 15 is 0 Å². The van der Waals surface area contributed by atoms with Crippen molar-refractivity contribution in [2.24, 2.45) is 0 Å². The minimum atomic E-state index is -0.402. The maximum absolute atomic E-state index is 10.8. The van der Waals surface area contributed by atoms with Gasteiger partial charge in [-0.05, 0) is 30.3 Å². The number of hydrogen-bond donors (Lipinski definition) is 1. The highest BCUT2D eigenvalue weighted by Crippen LogP contribution is 2.27. The molecule has 0 spiro atoms. The highest BCUT2D eigenvalue weighted by molar-refractivity contribution is 9.10. The van der Waals surface area contributed by atoms with E-state index in [1.807, 2.05) is 24.3 Å². The predicted molar refractivity (Wildman–Crippen MR) is 70.5 cm³/mol. The second kappa shape index (κ2) is 4.97. The van der Waals surface area contributed by atoms with Gasteiger partial charge >= 0.3 is 0 Å². The van der Waals surface area contributed by atoms with E-state index < -0.39 is 4.92 Å². The zero-order chi connectivity index (χ0) is 12.3. The number of rotatable bonds is 3. The Labute approximate surface area is 107 Å². The molecule has 1 N–H and O–H groups in total. The molecule has 0 aromatic heterocycles. The van der Waals surface area contributed by atoms with Crippen LogP contribution in [0.2, 0.25) is 0 Å². The maximum atomic E-state index is 10.8. The zero-order valence-electron chi connectivity index (χ0n) is 8.76. The minimum absolute atomic E-state index is 0.0652. The number of halogens is 1. The van der Waals surface area contributed by atoms with Crippen molar-refractivity contribution in [2.45, 2.75) is 0 Å². The summed E-state index contributed by atoms with van der Waals surface area (Å²) in [6, 6.07) is 14.0. The lowest BCUT2D eigenvalue weighted by molar-refractivity contribution is -0.383. The van der Waals surface area contributed by atoms with E-state index in [0.717, 1.165) is 10.2 Å². The lowest BCUT2D eigenvalue weighted by atomic mass is 10.2. The van der Waals surface area contributed by atoms with Crippen molar-refractivity contribution in [3.63, 3.8) is 0 Å². The highest BCUT2D eigenvalue weighted by Gasteiger charge is 2.11. The molecule has 2 aromatic carbocycles. The summed E-state index contributed by atoms with van der Waals surface area (Å²) in [7, 11) is 0. The minimum Gasteiger partial charge on any atom is -0.350 e. The van der Waals surface area contributed by atoms with E-state index in [1.165, 1.54) is 6.07 Å². The standard InChI is InChI=1S/C12H9BrN2O2/c13-9-5-7-10(8-6-9)14-11-3-1-2-4-12(11)15(16)17/h1-8,14H. The van der Waals surface area contributed by atoms with Crippen LogP contribution in [-0.4, -0.2) is 4.92 Å².